The molecule has 118 valence electrons. The summed E-state index contributed by atoms with van der Waals surface area (Å²) in [5.41, 5.74) is 7.14. The molecular formula is C18H28FNO. The Hall–Kier alpha value is -0.930. The van der Waals surface area contributed by atoms with Gasteiger partial charge in [-0.25, -0.2) is 4.39 Å². The number of nitrogens with two attached hydrogens (primary N) is 1. The predicted molar refractivity (Wildman–Crippen MR) is 84.4 cm³/mol. The zero-order valence-electron chi connectivity index (χ0n) is 13.4. The van der Waals surface area contributed by atoms with Crippen LogP contribution in [-0.2, 0) is 11.3 Å². The molecule has 2 nitrogen and oxygen atoms in total. The van der Waals surface area contributed by atoms with Gasteiger partial charge in [0.2, 0.25) is 0 Å². The minimum Gasteiger partial charge on any atom is -0.372 e. The molecule has 3 atom stereocenters. The zero-order valence-corrected chi connectivity index (χ0v) is 13.4. The average molecular weight is 293 g/mol. The van der Waals surface area contributed by atoms with Gasteiger partial charge < -0.3 is 10.5 Å². The molecular weight excluding hydrogens is 265 g/mol. The lowest BCUT2D eigenvalue weighted by atomic mass is 9.68. The van der Waals surface area contributed by atoms with Gasteiger partial charge in [0.25, 0.3) is 0 Å². The second-order valence-electron chi connectivity index (χ2n) is 6.96. The fraction of sp³-hybridized carbons (Fsp3) is 0.667. The average Bonchev–Trinajstić information content (AvgIpc) is 2.47. The van der Waals surface area contributed by atoms with E-state index in [0.717, 1.165) is 19.3 Å². The van der Waals surface area contributed by atoms with Crippen molar-refractivity contribution in [3.05, 3.63) is 35.6 Å². The third-order valence-electron chi connectivity index (χ3n) is 5.27. The largest absolute Gasteiger partial charge is 0.372 e. The van der Waals surface area contributed by atoms with Gasteiger partial charge in [0.1, 0.15) is 5.82 Å². The highest BCUT2D eigenvalue weighted by Crippen LogP contribution is 2.41. The van der Waals surface area contributed by atoms with Crippen LogP contribution in [0.1, 0.15) is 52.0 Å². The van der Waals surface area contributed by atoms with Crippen LogP contribution in [0.15, 0.2) is 24.3 Å². The van der Waals surface area contributed by atoms with Crippen LogP contribution in [0, 0.1) is 17.2 Å². The van der Waals surface area contributed by atoms with Gasteiger partial charge in [-0.05, 0) is 36.7 Å². The SMILES string of the molecule is CCC(C)(C)C1CCC(N)C(OCc2ccccc2F)C1. The van der Waals surface area contributed by atoms with Crippen molar-refractivity contribution in [2.24, 2.45) is 17.1 Å². The number of hydrogen-bond donors (Lipinski definition) is 1. The Labute approximate surface area is 127 Å². The van der Waals surface area contributed by atoms with E-state index in [1.54, 1.807) is 12.1 Å². The van der Waals surface area contributed by atoms with E-state index in [9.17, 15) is 4.39 Å². The quantitative estimate of drug-likeness (QED) is 0.879. The highest BCUT2D eigenvalue weighted by atomic mass is 19.1. The molecule has 0 radical (unpaired) electrons. The number of halogens is 1. The number of rotatable bonds is 5. The minimum atomic E-state index is -0.202. The van der Waals surface area contributed by atoms with Crippen molar-refractivity contribution in [3.8, 4) is 0 Å². The summed E-state index contributed by atoms with van der Waals surface area (Å²) in [6.45, 7) is 7.19. The molecule has 1 fully saturated rings. The molecule has 0 saturated heterocycles. The van der Waals surface area contributed by atoms with Gasteiger partial charge >= 0.3 is 0 Å². The minimum absolute atomic E-state index is 0.0363. The summed E-state index contributed by atoms with van der Waals surface area (Å²) in [5, 5.41) is 0. The normalized spacial score (nSPS) is 26.8. The molecule has 3 heteroatoms. The lowest BCUT2D eigenvalue weighted by molar-refractivity contribution is -0.0318. The van der Waals surface area contributed by atoms with Gasteiger partial charge in [0.05, 0.1) is 12.7 Å². The first kappa shape index (κ1) is 16.4. The van der Waals surface area contributed by atoms with E-state index in [-0.39, 0.29) is 18.0 Å². The van der Waals surface area contributed by atoms with E-state index in [2.05, 4.69) is 20.8 Å². The topological polar surface area (TPSA) is 35.2 Å². The fourth-order valence-corrected chi connectivity index (χ4v) is 3.15. The van der Waals surface area contributed by atoms with E-state index in [1.807, 2.05) is 6.07 Å². The van der Waals surface area contributed by atoms with Crippen LogP contribution >= 0.6 is 0 Å². The van der Waals surface area contributed by atoms with Crippen LogP contribution in [0.5, 0.6) is 0 Å². The lowest BCUT2D eigenvalue weighted by Gasteiger charge is -2.41. The van der Waals surface area contributed by atoms with E-state index in [1.165, 1.54) is 12.5 Å². The van der Waals surface area contributed by atoms with Crippen LogP contribution in [0.2, 0.25) is 0 Å². The van der Waals surface area contributed by atoms with Crippen molar-refractivity contribution in [2.75, 3.05) is 0 Å². The molecule has 1 aromatic carbocycles. The third kappa shape index (κ3) is 4.04. The van der Waals surface area contributed by atoms with E-state index in [4.69, 9.17) is 10.5 Å². The molecule has 0 aromatic heterocycles. The summed E-state index contributed by atoms with van der Waals surface area (Å²) in [6.07, 6.45) is 4.34. The fourth-order valence-electron chi connectivity index (χ4n) is 3.15. The molecule has 0 spiro atoms. The Morgan fingerprint density at radius 2 is 2.00 bits per heavy atom. The van der Waals surface area contributed by atoms with Gasteiger partial charge in [0, 0.05) is 11.6 Å². The number of ether oxygens (including phenoxy) is 1. The molecule has 1 aliphatic rings. The Morgan fingerprint density at radius 3 is 2.67 bits per heavy atom. The van der Waals surface area contributed by atoms with Crippen LogP contribution in [-0.4, -0.2) is 12.1 Å². The van der Waals surface area contributed by atoms with Crippen LogP contribution < -0.4 is 5.73 Å². The molecule has 0 aliphatic heterocycles. The highest BCUT2D eigenvalue weighted by Gasteiger charge is 2.36. The van der Waals surface area contributed by atoms with Crippen molar-refractivity contribution < 1.29 is 9.13 Å². The maximum atomic E-state index is 13.7. The first-order chi connectivity index (χ1) is 9.94. The second-order valence-corrected chi connectivity index (χ2v) is 6.96. The molecule has 2 N–H and O–H groups in total. The molecule has 0 amide bonds. The maximum absolute atomic E-state index is 13.7. The van der Waals surface area contributed by atoms with Gasteiger partial charge in [-0.15, -0.1) is 0 Å². The third-order valence-corrected chi connectivity index (χ3v) is 5.27. The second kappa shape index (κ2) is 6.89. The van der Waals surface area contributed by atoms with E-state index in [0.29, 0.717) is 23.5 Å². The van der Waals surface area contributed by atoms with Crippen LogP contribution in [0.3, 0.4) is 0 Å². The summed E-state index contributed by atoms with van der Waals surface area (Å²) in [5.74, 6) is 0.431. The molecule has 1 aliphatic carbocycles. The Bertz CT molecular complexity index is 460. The lowest BCUT2D eigenvalue weighted by Crippen LogP contribution is -2.45. The molecule has 3 unspecified atom stereocenters. The van der Waals surface area contributed by atoms with E-state index >= 15 is 0 Å². The van der Waals surface area contributed by atoms with Crippen molar-refractivity contribution in [2.45, 2.75) is 65.2 Å². The van der Waals surface area contributed by atoms with Crippen LogP contribution in [0.25, 0.3) is 0 Å². The van der Waals surface area contributed by atoms with Crippen molar-refractivity contribution in [3.63, 3.8) is 0 Å². The number of hydrogen-bond acceptors (Lipinski definition) is 2. The Balaban J connectivity index is 1.96. The molecule has 0 bridgehead atoms. The van der Waals surface area contributed by atoms with Crippen molar-refractivity contribution in [1.82, 2.24) is 0 Å². The monoisotopic (exact) mass is 293 g/mol. The molecule has 21 heavy (non-hydrogen) atoms. The molecule has 2 rings (SSSR count). The zero-order chi connectivity index (χ0) is 15.5. The maximum Gasteiger partial charge on any atom is 0.128 e. The van der Waals surface area contributed by atoms with Crippen LogP contribution in [0.4, 0.5) is 4.39 Å². The van der Waals surface area contributed by atoms with E-state index < -0.39 is 0 Å². The molecule has 0 heterocycles. The standard InChI is InChI=1S/C18H28FNO/c1-4-18(2,3)14-9-10-16(20)17(11-14)21-12-13-7-5-6-8-15(13)19/h5-8,14,16-17H,4,9-12,20H2,1-3H3. The predicted octanol–water partition coefficient (Wildman–Crippen LogP) is 4.27. The van der Waals surface area contributed by atoms with Gasteiger partial charge in [-0.1, -0.05) is 45.4 Å². The Morgan fingerprint density at radius 1 is 1.29 bits per heavy atom. The smallest absolute Gasteiger partial charge is 0.128 e. The summed E-state index contributed by atoms with van der Waals surface area (Å²) in [7, 11) is 0. The first-order valence-electron chi connectivity index (χ1n) is 8.04. The summed E-state index contributed by atoms with van der Waals surface area (Å²) < 4.78 is 19.6. The summed E-state index contributed by atoms with van der Waals surface area (Å²) >= 11 is 0. The number of benzene rings is 1. The molecule has 1 aromatic rings. The Kier molecular flexibility index (Phi) is 5.39. The van der Waals surface area contributed by atoms with Crippen molar-refractivity contribution in [1.29, 1.82) is 0 Å². The van der Waals surface area contributed by atoms with Gasteiger partial charge in [0.15, 0.2) is 0 Å². The molecule has 1 saturated carbocycles. The summed E-state index contributed by atoms with van der Waals surface area (Å²) in [6, 6.07) is 6.86. The van der Waals surface area contributed by atoms with Crippen molar-refractivity contribution >= 4 is 0 Å². The van der Waals surface area contributed by atoms with Gasteiger partial charge in [-0.3, -0.25) is 0 Å². The highest BCUT2D eigenvalue weighted by molar-refractivity contribution is 5.16. The van der Waals surface area contributed by atoms with Gasteiger partial charge in [-0.2, -0.15) is 0 Å². The first-order valence-corrected chi connectivity index (χ1v) is 8.04. The summed E-state index contributed by atoms with van der Waals surface area (Å²) in [4.78, 5) is 0.